The summed E-state index contributed by atoms with van der Waals surface area (Å²) in [6.45, 7) is 3.94. The Morgan fingerprint density at radius 1 is 0.907 bits per heavy atom. The number of hydrazone groups is 1. The van der Waals surface area contributed by atoms with Crippen LogP contribution in [-0.4, -0.2) is 39.3 Å². The van der Waals surface area contributed by atoms with Gasteiger partial charge in [-0.25, -0.2) is 13.8 Å². The molecule has 0 aliphatic rings. The molecule has 0 saturated heterocycles. The highest BCUT2D eigenvalue weighted by Crippen LogP contribution is 2.22. The normalized spacial score (nSPS) is 12.0. The zero-order valence-electron chi connectivity index (χ0n) is 24.2. The van der Waals surface area contributed by atoms with E-state index in [1.807, 2.05) is 68.4 Å². The summed E-state index contributed by atoms with van der Waals surface area (Å²) in [7, 11) is -3.55. The number of carbonyl (C=O) groups excluding carboxylic acids is 2. The Balaban J connectivity index is 1.27. The van der Waals surface area contributed by atoms with Crippen molar-refractivity contribution in [2.75, 3.05) is 17.2 Å². The molecular formula is C33H34N4O5S. The van der Waals surface area contributed by atoms with E-state index in [0.717, 1.165) is 22.9 Å². The second kappa shape index (κ2) is 14.3. The number of nitrogens with zero attached hydrogens (tertiary/aromatic N) is 2. The predicted molar refractivity (Wildman–Crippen MR) is 169 cm³/mol. The Morgan fingerprint density at radius 2 is 1.56 bits per heavy atom. The minimum absolute atomic E-state index is 0.118. The highest BCUT2D eigenvalue weighted by atomic mass is 32.2. The molecule has 2 amide bonds. The van der Waals surface area contributed by atoms with Crippen LogP contribution in [0.3, 0.4) is 0 Å². The maximum absolute atomic E-state index is 12.6. The number of nitrogens with one attached hydrogen (secondary N) is 2. The van der Waals surface area contributed by atoms with E-state index in [2.05, 4.69) is 15.8 Å². The molecule has 0 bridgehead atoms. The topological polar surface area (TPSA) is 117 Å². The van der Waals surface area contributed by atoms with Crippen LogP contribution in [0.1, 0.15) is 45.6 Å². The summed E-state index contributed by atoms with van der Waals surface area (Å²) < 4.78 is 31.8. The molecule has 1 atom stereocenters. The van der Waals surface area contributed by atoms with E-state index in [0.29, 0.717) is 22.6 Å². The first-order chi connectivity index (χ1) is 20.6. The maximum atomic E-state index is 12.6. The quantitative estimate of drug-likeness (QED) is 0.176. The van der Waals surface area contributed by atoms with Gasteiger partial charge in [-0.3, -0.25) is 13.9 Å². The van der Waals surface area contributed by atoms with Crippen molar-refractivity contribution in [3.63, 3.8) is 0 Å². The molecule has 0 aromatic heterocycles. The van der Waals surface area contributed by atoms with E-state index in [-0.39, 0.29) is 25.1 Å². The summed E-state index contributed by atoms with van der Waals surface area (Å²) in [5.74, 6) is -0.148. The number of anilines is 1. The number of ether oxygens (including phenoxy) is 1. The average Bonchev–Trinajstić information content (AvgIpc) is 3.00. The van der Waals surface area contributed by atoms with Crippen LogP contribution in [0.15, 0.2) is 108 Å². The third kappa shape index (κ3) is 9.27. The molecular weight excluding hydrogens is 564 g/mol. The molecule has 2 N–H and O–H groups in total. The molecule has 0 fully saturated rings. The minimum atomic E-state index is -3.55. The molecule has 0 heterocycles. The van der Waals surface area contributed by atoms with Gasteiger partial charge in [-0.05, 0) is 79.1 Å². The average molecular weight is 599 g/mol. The minimum Gasteiger partial charge on any atom is -0.484 e. The molecule has 222 valence electrons. The van der Waals surface area contributed by atoms with Gasteiger partial charge in [0, 0.05) is 5.56 Å². The van der Waals surface area contributed by atoms with Gasteiger partial charge in [0.1, 0.15) is 5.75 Å². The van der Waals surface area contributed by atoms with Gasteiger partial charge in [0.2, 0.25) is 10.0 Å². The lowest BCUT2D eigenvalue weighted by Crippen LogP contribution is -2.31. The number of hydrogen-bond acceptors (Lipinski definition) is 6. The Morgan fingerprint density at radius 3 is 2.19 bits per heavy atom. The van der Waals surface area contributed by atoms with Crippen LogP contribution in [0.5, 0.6) is 5.75 Å². The van der Waals surface area contributed by atoms with Crippen molar-refractivity contribution < 1.29 is 22.7 Å². The SMILES string of the molecule is Cc1ccc(CN(c2ccc(C(=O)N/N=C\c3ccc(OCC(=O)N[C@H](C)c4ccccc4)cc3)cc2)S(C)(=O)=O)cc1. The molecule has 10 heteroatoms. The fourth-order valence-corrected chi connectivity index (χ4v) is 5.06. The zero-order chi connectivity index (χ0) is 30.8. The van der Waals surface area contributed by atoms with Crippen LogP contribution in [0.2, 0.25) is 0 Å². The number of aryl methyl sites for hydroxylation is 1. The molecule has 0 radical (unpaired) electrons. The molecule has 9 nitrogen and oxygen atoms in total. The van der Waals surface area contributed by atoms with Crippen LogP contribution in [0.4, 0.5) is 5.69 Å². The summed E-state index contributed by atoms with van der Waals surface area (Å²) >= 11 is 0. The van der Waals surface area contributed by atoms with E-state index in [9.17, 15) is 18.0 Å². The third-order valence-corrected chi connectivity index (χ3v) is 7.71. The Kier molecular flexibility index (Phi) is 10.3. The lowest BCUT2D eigenvalue weighted by molar-refractivity contribution is -0.123. The van der Waals surface area contributed by atoms with Gasteiger partial charge in [0.15, 0.2) is 6.61 Å². The summed E-state index contributed by atoms with van der Waals surface area (Å²) in [6.07, 6.45) is 2.64. The van der Waals surface area contributed by atoms with E-state index >= 15 is 0 Å². The Bertz CT molecular complexity index is 1660. The first-order valence-corrected chi connectivity index (χ1v) is 15.5. The smallest absolute Gasteiger partial charge is 0.271 e. The monoisotopic (exact) mass is 598 g/mol. The maximum Gasteiger partial charge on any atom is 0.271 e. The van der Waals surface area contributed by atoms with E-state index in [4.69, 9.17) is 4.74 Å². The molecule has 4 aromatic carbocycles. The Labute approximate surface area is 252 Å². The van der Waals surface area contributed by atoms with Gasteiger partial charge in [0.05, 0.1) is 30.7 Å². The van der Waals surface area contributed by atoms with Crippen LogP contribution in [0.25, 0.3) is 0 Å². The van der Waals surface area contributed by atoms with Gasteiger partial charge in [-0.15, -0.1) is 0 Å². The Hall–Kier alpha value is -4.96. The number of benzene rings is 4. The van der Waals surface area contributed by atoms with Gasteiger partial charge in [0.25, 0.3) is 11.8 Å². The highest BCUT2D eigenvalue weighted by molar-refractivity contribution is 7.92. The third-order valence-electron chi connectivity index (χ3n) is 6.57. The van der Waals surface area contributed by atoms with Gasteiger partial charge < -0.3 is 10.1 Å². The van der Waals surface area contributed by atoms with Crippen molar-refractivity contribution in [2.24, 2.45) is 5.10 Å². The van der Waals surface area contributed by atoms with Crippen LogP contribution >= 0.6 is 0 Å². The van der Waals surface area contributed by atoms with Gasteiger partial charge in [-0.2, -0.15) is 5.10 Å². The summed E-state index contributed by atoms with van der Waals surface area (Å²) in [5, 5.41) is 6.91. The molecule has 4 aromatic rings. The fraction of sp³-hybridized carbons (Fsp3) is 0.182. The number of hydrogen-bond donors (Lipinski definition) is 2. The highest BCUT2D eigenvalue weighted by Gasteiger charge is 2.18. The predicted octanol–water partition coefficient (Wildman–Crippen LogP) is 4.98. The second-order valence-corrected chi connectivity index (χ2v) is 12.0. The summed E-state index contributed by atoms with van der Waals surface area (Å²) in [4.78, 5) is 24.8. The summed E-state index contributed by atoms with van der Waals surface area (Å²) in [6, 6.07) is 30.4. The van der Waals surface area contributed by atoms with Gasteiger partial charge >= 0.3 is 0 Å². The molecule has 0 unspecified atom stereocenters. The molecule has 43 heavy (non-hydrogen) atoms. The molecule has 0 aliphatic carbocycles. The standard InChI is InChI=1S/C33H34N4O5S/c1-24-9-11-27(12-10-24)22-37(43(3,40)41)30-17-15-29(16-18-30)33(39)36-34-21-26-13-19-31(20-14-26)42-23-32(38)35-25(2)28-7-5-4-6-8-28/h4-21,25H,22-23H2,1-3H3,(H,35,38)(H,36,39)/b34-21-/t25-/m1/s1. The van der Waals surface area contributed by atoms with Crippen molar-refractivity contribution in [3.8, 4) is 5.75 Å². The van der Waals surface area contributed by atoms with Crippen molar-refractivity contribution in [2.45, 2.75) is 26.4 Å². The number of sulfonamides is 1. The van der Waals surface area contributed by atoms with E-state index in [1.54, 1.807) is 48.5 Å². The fourth-order valence-electron chi connectivity index (χ4n) is 4.18. The second-order valence-electron chi connectivity index (χ2n) is 10.1. The van der Waals surface area contributed by atoms with Crippen molar-refractivity contribution in [1.82, 2.24) is 10.7 Å². The van der Waals surface area contributed by atoms with Crippen LogP contribution in [-0.2, 0) is 21.4 Å². The molecule has 4 rings (SSSR count). The summed E-state index contributed by atoms with van der Waals surface area (Å²) in [5.41, 5.74) is 6.92. The molecule has 0 saturated carbocycles. The first-order valence-electron chi connectivity index (χ1n) is 13.6. The number of amides is 2. The van der Waals surface area contributed by atoms with Crippen molar-refractivity contribution >= 4 is 33.7 Å². The first kappa shape index (κ1) is 31.0. The number of rotatable bonds is 12. The van der Waals surface area contributed by atoms with E-state index in [1.165, 1.54) is 10.5 Å². The van der Waals surface area contributed by atoms with Crippen molar-refractivity contribution in [3.05, 3.63) is 131 Å². The van der Waals surface area contributed by atoms with E-state index < -0.39 is 15.9 Å². The van der Waals surface area contributed by atoms with Crippen LogP contribution < -0.4 is 19.8 Å². The van der Waals surface area contributed by atoms with Gasteiger partial charge in [-0.1, -0.05) is 60.2 Å². The van der Waals surface area contributed by atoms with Crippen molar-refractivity contribution in [1.29, 1.82) is 0 Å². The lowest BCUT2D eigenvalue weighted by atomic mass is 10.1. The zero-order valence-corrected chi connectivity index (χ0v) is 25.0. The lowest BCUT2D eigenvalue weighted by Gasteiger charge is -2.22. The molecule has 0 spiro atoms. The number of carbonyl (C=O) groups is 2. The molecule has 0 aliphatic heterocycles. The van der Waals surface area contributed by atoms with Crippen LogP contribution in [0, 0.1) is 6.92 Å². The largest absolute Gasteiger partial charge is 0.484 e.